The molecule has 0 atom stereocenters. The normalized spacial score (nSPS) is 10.7. The molecule has 0 aliphatic heterocycles. The van der Waals surface area contributed by atoms with E-state index in [2.05, 4.69) is 9.97 Å². The highest BCUT2D eigenvalue weighted by molar-refractivity contribution is 5.75. The molecule has 0 aliphatic carbocycles. The van der Waals surface area contributed by atoms with Gasteiger partial charge in [0.05, 0.1) is 21.9 Å². The summed E-state index contributed by atoms with van der Waals surface area (Å²) in [6.45, 7) is 0. The fourth-order valence-corrected chi connectivity index (χ4v) is 3.71. The number of benzene rings is 2. The van der Waals surface area contributed by atoms with Crippen LogP contribution in [0.15, 0.2) is 110 Å². The van der Waals surface area contributed by atoms with Crippen LogP contribution < -0.4 is 5.73 Å². The maximum atomic E-state index is 11.0. The number of imidazole rings is 2. The molecular weight excluding hydrogens is 428 g/mol. The van der Waals surface area contributed by atoms with Crippen molar-refractivity contribution in [2.75, 3.05) is 5.73 Å². The molecule has 166 valence electrons. The number of aromatic nitrogens is 4. The van der Waals surface area contributed by atoms with E-state index < -0.39 is 0 Å². The summed E-state index contributed by atoms with van der Waals surface area (Å²) in [6, 6.07) is 25.9. The van der Waals surface area contributed by atoms with Gasteiger partial charge in [-0.15, -0.1) is 0 Å². The predicted octanol–water partition coefficient (Wildman–Crippen LogP) is 5.49. The number of hydrogen-bond acceptors (Lipinski definition) is 5. The smallest absolute Gasteiger partial charge is 0.278 e. The number of rotatable bonds is 3. The van der Waals surface area contributed by atoms with Crippen molar-refractivity contribution in [2.45, 2.75) is 0 Å². The van der Waals surface area contributed by atoms with Gasteiger partial charge in [-0.3, -0.25) is 10.1 Å². The van der Waals surface area contributed by atoms with E-state index >= 15 is 0 Å². The predicted molar refractivity (Wildman–Crippen MR) is 132 cm³/mol. The fourth-order valence-electron chi connectivity index (χ4n) is 3.71. The molecule has 34 heavy (non-hydrogen) atoms. The first kappa shape index (κ1) is 20.9. The molecule has 8 nitrogen and oxygen atoms in total. The monoisotopic (exact) mass is 448 g/mol. The van der Waals surface area contributed by atoms with E-state index in [1.807, 2.05) is 88.1 Å². The van der Waals surface area contributed by atoms with Crippen LogP contribution in [-0.4, -0.2) is 23.7 Å². The summed E-state index contributed by atoms with van der Waals surface area (Å²) >= 11 is 0. The van der Waals surface area contributed by atoms with Gasteiger partial charge in [-0.05, 0) is 36.4 Å². The third-order valence-corrected chi connectivity index (χ3v) is 5.34. The first-order valence-corrected chi connectivity index (χ1v) is 10.6. The van der Waals surface area contributed by atoms with E-state index in [0.29, 0.717) is 11.3 Å². The van der Waals surface area contributed by atoms with Crippen molar-refractivity contribution in [1.29, 1.82) is 0 Å². The number of hydrogen-bond donors (Lipinski definition) is 1. The lowest BCUT2D eigenvalue weighted by Gasteiger charge is -1.99. The minimum absolute atomic E-state index is 0.0703. The molecular formula is C26H20N6O2. The van der Waals surface area contributed by atoms with Gasteiger partial charge in [0, 0.05) is 42.1 Å². The first-order valence-electron chi connectivity index (χ1n) is 10.6. The molecule has 0 fully saturated rings. The highest BCUT2D eigenvalue weighted by atomic mass is 16.6. The molecule has 0 saturated heterocycles. The molecule has 0 radical (unpaired) electrons. The molecule has 4 heterocycles. The molecule has 6 aromatic rings. The van der Waals surface area contributed by atoms with Gasteiger partial charge >= 0.3 is 0 Å². The van der Waals surface area contributed by atoms with Crippen LogP contribution in [0.25, 0.3) is 33.8 Å². The number of anilines is 1. The van der Waals surface area contributed by atoms with Crippen LogP contribution in [0, 0.1) is 10.1 Å². The lowest BCUT2D eigenvalue weighted by Crippen LogP contribution is -1.91. The summed E-state index contributed by atoms with van der Waals surface area (Å²) in [5.41, 5.74) is 11.5. The largest absolute Gasteiger partial charge is 0.398 e. The summed E-state index contributed by atoms with van der Waals surface area (Å²) in [7, 11) is 0. The van der Waals surface area contributed by atoms with Crippen LogP contribution in [0.5, 0.6) is 0 Å². The summed E-state index contributed by atoms with van der Waals surface area (Å²) in [5, 5.41) is 11.0. The van der Waals surface area contributed by atoms with Crippen LogP contribution in [0.3, 0.4) is 0 Å². The minimum atomic E-state index is -0.390. The second-order valence-corrected chi connectivity index (χ2v) is 7.55. The zero-order chi connectivity index (χ0) is 23.5. The number of fused-ring (bicyclic) bond motifs is 2. The van der Waals surface area contributed by atoms with E-state index in [4.69, 9.17) is 5.73 Å². The molecule has 0 bridgehead atoms. The Morgan fingerprint density at radius 2 is 1.18 bits per heavy atom. The highest BCUT2D eigenvalue weighted by Crippen LogP contribution is 2.28. The minimum Gasteiger partial charge on any atom is -0.398 e. The third-order valence-electron chi connectivity index (χ3n) is 5.34. The summed E-state index contributed by atoms with van der Waals surface area (Å²) < 4.78 is 3.83. The number of nitrogen functional groups attached to an aromatic ring is 1. The van der Waals surface area contributed by atoms with Crippen molar-refractivity contribution >= 4 is 22.7 Å². The Bertz CT molecular complexity index is 1550. The van der Waals surface area contributed by atoms with E-state index in [1.54, 1.807) is 24.4 Å². The van der Waals surface area contributed by atoms with Crippen molar-refractivity contribution in [3.8, 4) is 22.5 Å². The van der Waals surface area contributed by atoms with Crippen LogP contribution in [0.2, 0.25) is 0 Å². The van der Waals surface area contributed by atoms with Crippen LogP contribution in [0.1, 0.15) is 0 Å². The van der Waals surface area contributed by atoms with E-state index in [0.717, 1.165) is 28.2 Å². The number of para-hydroxylation sites is 2. The lowest BCUT2D eigenvalue weighted by atomic mass is 10.1. The number of nitro benzene ring substituents is 1. The van der Waals surface area contributed by atoms with Crippen molar-refractivity contribution in [1.82, 2.24) is 18.8 Å². The Hall–Kier alpha value is -4.98. The van der Waals surface area contributed by atoms with Crippen LogP contribution in [0.4, 0.5) is 11.4 Å². The van der Waals surface area contributed by atoms with Crippen molar-refractivity contribution in [3.05, 3.63) is 120 Å². The topological polar surface area (TPSA) is 104 Å². The summed E-state index contributed by atoms with van der Waals surface area (Å²) in [4.78, 5) is 19.5. The van der Waals surface area contributed by atoms with Gasteiger partial charge < -0.3 is 14.5 Å². The Morgan fingerprint density at radius 3 is 1.74 bits per heavy atom. The fraction of sp³-hybridized carbons (Fsp3) is 0. The SMILES string of the molecule is Nc1ccccc1-c1cn2ccccc2n1.O=[N+]([O-])c1ccccc1-c1cn2ccccc2n1. The zero-order valence-electron chi connectivity index (χ0n) is 18.0. The first-order chi connectivity index (χ1) is 16.6. The Morgan fingerprint density at radius 1 is 0.676 bits per heavy atom. The molecule has 2 aromatic carbocycles. The van der Waals surface area contributed by atoms with E-state index in [-0.39, 0.29) is 10.6 Å². The van der Waals surface area contributed by atoms with E-state index in [9.17, 15) is 10.1 Å². The molecule has 0 amide bonds. The lowest BCUT2D eigenvalue weighted by molar-refractivity contribution is -0.384. The number of nitrogens with zero attached hydrogens (tertiary/aromatic N) is 5. The number of nitro groups is 1. The van der Waals surface area contributed by atoms with Gasteiger partial charge in [-0.2, -0.15) is 0 Å². The van der Waals surface area contributed by atoms with Gasteiger partial charge in [0.15, 0.2) is 0 Å². The summed E-state index contributed by atoms with van der Waals surface area (Å²) in [5.74, 6) is 0. The average Bonchev–Trinajstić information content (AvgIpc) is 3.49. The maximum Gasteiger partial charge on any atom is 0.278 e. The summed E-state index contributed by atoms with van der Waals surface area (Å²) in [6.07, 6.45) is 7.62. The Labute approximate surface area is 194 Å². The molecule has 0 spiro atoms. The molecule has 4 aromatic heterocycles. The molecule has 0 saturated carbocycles. The van der Waals surface area contributed by atoms with Crippen molar-refractivity contribution in [3.63, 3.8) is 0 Å². The second-order valence-electron chi connectivity index (χ2n) is 7.55. The van der Waals surface area contributed by atoms with Crippen molar-refractivity contribution in [2.24, 2.45) is 0 Å². The third kappa shape index (κ3) is 4.07. The van der Waals surface area contributed by atoms with Gasteiger partial charge in [-0.1, -0.05) is 42.5 Å². The van der Waals surface area contributed by atoms with Gasteiger partial charge in [0.25, 0.3) is 5.69 Å². The van der Waals surface area contributed by atoms with Gasteiger partial charge in [0.2, 0.25) is 0 Å². The Balaban J connectivity index is 0.000000142. The number of nitrogens with two attached hydrogens (primary N) is 1. The molecule has 6 rings (SSSR count). The molecule has 2 N–H and O–H groups in total. The highest BCUT2D eigenvalue weighted by Gasteiger charge is 2.16. The van der Waals surface area contributed by atoms with Crippen LogP contribution in [-0.2, 0) is 0 Å². The molecule has 0 unspecified atom stereocenters. The second kappa shape index (κ2) is 8.87. The average molecular weight is 448 g/mol. The molecule has 0 aliphatic rings. The Kier molecular flexibility index (Phi) is 5.45. The molecule has 8 heteroatoms. The van der Waals surface area contributed by atoms with Crippen molar-refractivity contribution < 1.29 is 4.92 Å². The maximum absolute atomic E-state index is 11.0. The zero-order valence-corrected chi connectivity index (χ0v) is 18.0. The standard InChI is InChI=1S/C13H9N3O2.C13H11N3/c17-16(18)12-6-2-1-5-10(12)11-9-15-8-4-3-7-13(15)14-11;14-11-6-2-1-5-10(11)12-9-16-8-4-3-7-13(16)15-12/h1-9H;1-9H,14H2. The van der Waals surface area contributed by atoms with E-state index in [1.165, 1.54) is 6.07 Å². The van der Waals surface area contributed by atoms with Gasteiger partial charge in [0.1, 0.15) is 11.3 Å². The number of pyridine rings is 2. The van der Waals surface area contributed by atoms with Crippen LogP contribution >= 0.6 is 0 Å². The quantitative estimate of drug-likeness (QED) is 0.219. The van der Waals surface area contributed by atoms with Gasteiger partial charge in [-0.25, -0.2) is 9.97 Å².